The molecule has 11 heteroatoms. The minimum Gasteiger partial charge on any atom is -0.456 e. The third-order valence-corrected chi connectivity index (χ3v) is 5.40. The van der Waals surface area contributed by atoms with E-state index in [9.17, 15) is 29.1 Å². The van der Waals surface area contributed by atoms with Crippen LogP contribution in [0.15, 0.2) is 70.3 Å². The molecule has 2 aromatic carbocycles. The lowest BCUT2D eigenvalue weighted by atomic mass is 10.1. The van der Waals surface area contributed by atoms with Gasteiger partial charge < -0.3 is 20.9 Å². The van der Waals surface area contributed by atoms with Gasteiger partial charge in [0, 0.05) is 12.1 Å². The molecule has 1 heterocycles. The van der Waals surface area contributed by atoms with E-state index in [1.807, 2.05) is 0 Å². The first kappa shape index (κ1) is 26.1. The summed E-state index contributed by atoms with van der Waals surface area (Å²) in [4.78, 5) is 63.2. The number of nitrogens with one attached hydrogen (secondary N) is 1. The quantitative estimate of drug-likeness (QED) is 0.265. The summed E-state index contributed by atoms with van der Waals surface area (Å²) in [6.45, 7) is -0.0855. The zero-order valence-electron chi connectivity index (χ0n) is 19.5. The monoisotopic (exact) mass is 494 g/mol. The Morgan fingerprint density at radius 3 is 2.19 bits per heavy atom. The molecule has 4 N–H and O–H groups in total. The number of carbonyl (C=O) groups is 3. The highest BCUT2D eigenvalue weighted by Crippen LogP contribution is 2.10. The molecule has 1 unspecified atom stereocenters. The third kappa shape index (κ3) is 5.76. The van der Waals surface area contributed by atoms with Crippen LogP contribution in [0, 0.1) is 0 Å². The summed E-state index contributed by atoms with van der Waals surface area (Å²) in [5.41, 5.74) is 4.98. The van der Waals surface area contributed by atoms with Crippen molar-refractivity contribution in [3.8, 4) is 0 Å². The van der Waals surface area contributed by atoms with E-state index in [1.165, 1.54) is 12.1 Å². The smallest absolute Gasteiger partial charge is 0.332 e. The van der Waals surface area contributed by atoms with Gasteiger partial charge in [-0.05, 0) is 24.6 Å². The summed E-state index contributed by atoms with van der Waals surface area (Å²) in [7, 11) is 0. The number of amides is 1. The summed E-state index contributed by atoms with van der Waals surface area (Å²) in [5, 5.41) is 11.8. The number of hydrogen-bond acceptors (Lipinski definition) is 8. The molecule has 3 aromatic rings. The van der Waals surface area contributed by atoms with E-state index in [0.717, 1.165) is 14.7 Å². The summed E-state index contributed by atoms with van der Waals surface area (Å²) < 4.78 is 6.93. The number of benzene rings is 2. The number of esters is 1. The number of nitrogen functional groups attached to an aromatic ring is 1. The van der Waals surface area contributed by atoms with E-state index < -0.39 is 53.7 Å². The Morgan fingerprint density at radius 2 is 1.61 bits per heavy atom. The molecule has 188 valence electrons. The molecule has 0 fully saturated rings. The number of Topliss-reactive ketones (excluding diaryl/α,β-unsaturated/α-hetero) is 1. The Balaban J connectivity index is 1.80. The predicted molar refractivity (Wildman–Crippen MR) is 131 cm³/mol. The summed E-state index contributed by atoms with van der Waals surface area (Å²) in [5.74, 6) is -2.99. The largest absolute Gasteiger partial charge is 0.456 e. The van der Waals surface area contributed by atoms with Crippen molar-refractivity contribution < 1.29 is 24.2 Å². The van der Waals surface area contributed by atoms with Crippen molar-refractivity contribution in [2.24, 2.45) is 0 Å². The Labute approximate surface area is 205 Å². The summed E-state index contributed by atoms with van der Waals surface area (Å²) in [6, 6.07) is 15.4. The molecular formula is C25H26N4O7. The van der Waals surface area contributed by atoms with Crippen molar-refractivity contribution in [1.29, 1.82) is 0 Å². The van der Waals surface area contributed by atoms with Gasteiger partial charge in [-0.1, -0.05) is 48.5 Å². The van der Waals surface area contributed by atoms with Crippen molar-refractivity contribution in [3.63, 3.8) is 0 Å². The van der Waals surface area contributed by atoms with Gasteiger partial charge in [-0.25, -0.2) is 9.59 Å². The Kier molecular flexibility index (Phi) is 8.52. The van der Waals surface area contributed by atoms with Crippen LogP contribution < -0.4 is 22.3 Å². The van der Waals surface area contributed by atoms with Gasteiger partial charge >= 0.3 is 11.7 Å². The molecule has 0 aliphatic carbocycles. The molecule has 0 radical (unpaired) electrons. The number of nitrogens with two attached hydrogens (primary N) is 1. The maximum atomic E-state index is 12.9. The maximum absolute atomic E-state index is 12.9. The average Bonchev–Trinajstić information content (AvgIpc) is 2.89. The molecule has 0 aliphatic rings. The first-order chi connectivity index (χ1) is 17.3. The number of nitrogens with zero attached hydrogens (tertiary/aromatic N) is 2. The fraction of sp³-hybridized carbons (Fsp3) is 0.240. The van der Waals surface area contributed by atoms with Crippen LogP contribution in [0.1, 0.15) is 33.2 Å². The van der Waals surface area contributed by atoms with Crippen LogP contribution >= 0.6 is 0 Å². The number of ether oxygens (including phenoxy) is 1. The number of anilines is 1. The molecule has 3 rings (SSSR count). The molecule has 0 aliphatic heterocycles. The van der Waals surface area contributed by atoms with Crippen molar-refractivity contribution >= 4 is 23.5 Å². The highest BCUT2D eigenvalue weighted by Gasteiger charge is 2.26. The van der Waals surface area contributed by atoms with E-state index in [4.69, 9.17) is 10.5 Å². The molecule has 1 atom stereocenters. The van der Waals surface area contributed by atoms with Gasteiger partial charge in [-0.2, -0.15) is 0 Å². The maximum Gasteiger partial charge on any atom is 0.332 e. The van der Waals surface area contributed by atoms with Crippen LogP contribution in [0.4, 0.5) is 5.82 Å². The SMILES string of the molecule is CCn1c(=O)c(C(=O)COC(=O)C(CO)NC(=O)c2ccccc2)c(N)n(Cc2ccccc2)c1=O. The van der Waals surface area contributed by atoms with E-state index in [1.54, 1.807) is 55.5 Å². The fourth-order valence-corrected chi connectivity index (χ4v) is 3.49. The van der Waals surface area contributed by atoms with E-state index in [-0.39, 0.29) is 24.5 Å². The van der Waals surface area contributed by atoms with Crippen molar-refractivity contribution in [2.75, 3.05) is 18.9 Å². The van der Waals surface area contributed by atoms with Crippen LogP contribution in [-0.4, -0.2) is 51.2 Å². The van der Waals surface area contributed by atoms with Gasteiger partial charge in [0.2, 0.25) is 5.78 Å². The minimum absolute atomic E-state index is 0.00902. The van der Waals surface area contributed by atoms with Gasteiger partial charge in [0.05, 0.1) is 13.2 Å². The number of aliphatic hydroxyl groups excluding tert-OH is 1. The number of rotatable bonds is 10. The van der Waals surface area contributed by atoms with Crippen molar-refractivity contribution in [1.82, 2.24) is 14.5 Å². The molecule has 36 heavy (non-hydrogen) atoms. The molecule has 1 aromatic heterocycles. The van der Waals surface area contributed by atoms with Crippen LogP contribution in [0.25, 0.3) is 0 Å². The number of hydrogen-bond donors (Lipinski definition) is 3. The number of aliphatic hydroxyl groups is 1. The number of aromatic nitrogens is 2. The van der Waals surface area contributed by atoms with Crippen molar-refractivity contribution in [2.45, 2.75) is 26.1 Å². The Hall–Kier alpha value is -4.51. The van der Waals surface area contributed by atoms with Crippen LogP contribution in [0.5, 0.6) is 0 Å². The Bertz CT molecular complexity index is 1360. The lowest BCUT2D eigenvalue weighted by molar-refractivity contribution is -0.145. The molecule has 11 nitrogen and oxygen atoms in total. The second-order valence-corrected chi connectivity index (χ2v) is 7.77. The van der Waals surface area contributed by atoms with Crippen LogP contribution in [-0.2, 0) is 22.6 Å². The third-order valence-electron chi connectivity index (χ3n) is 5.40. The second kappa shape index (κ2) is 11.8. The normalized spacial score (nSPS) is 11.5. The van der Waals surface area contributed by atoms with Crippen molar-refractivity contribution in [3.05, 3.63) is 98.2 Å². The standard InChI is InChI=1S/C25H26N4O7/c1-2-28-23(33)20(21(26)29(25(28)35)13-16-9-5-3-6-10-16)19(31)15-36-24(34)18(14-30)27-22(32)17-11-7-4-8-12-17/h3-12,18,30H,2,13-15,26H2,1H3,(H,27,32). The second-order valence-electron chi connectivity index (χ2n) is 7.77. The van der Waals surface area contributed by atoms with Gasteiger partial charge in [-0.15, -0.1) is 0 Å². The van der Waals surface area contributed by atoms with Gasteiger partial charge in [0.1, 0.15) is 11.4 Å². The first-order valence-electron chi connectivity index (χ1n) is 11.1. The lowest BCUT2D eigenvalue weighted by Gasteiger charge is -2.17. The molecular weight excluding hydrogens is 468 g/mol. The van der Waals surface area contributed by atoms with E-state index in [2.05, 4.69) is 5.32 Å². The molecule has 0 bridgehead atoms. The number of ketones is 1. The van der Waals surface area contributed by atoms with E-state index in [0.29, 0.717) is 0 Å². The van der Waals surface area contributed by atoms with Gasteiger partial charge in [0.25, 0.3) is 11.5 Å². The molecule has 0 spiro atoms. The zero-order chi connectivity index (χ0) is 26.2. The van der Waals surface area contributed by atoms with Gasteiger partial charge in [-0.3, -0.25) is 23.5 Å². The average molecular weight is 495 g/mol. The summed E-state index contributed by atoms with van der Waals surface area (Å²) >= 11 is 0. The van der Waals surface area contributed by atoms with Crippen LogP contribution in [0.3, 0.4) is 0 Å². The fourth-order valence-electron chi connectivity index (χ4n) is 3.49. The molecule has 1 amide bonds. The lowest BCUT2D eigenvalue weighted by Crippen LogP contribution is -2.46. The minimum atomic E-state index is -1.44. The highest BCUT2D eigenvalue weighted by molar-refractivity contribution is 6.02. The first-order valence-corrected chi connectivity index (χ1v) is 11.1. The topological polar surface area (TPSA) is 163 Å². The number of carbonyl (C=O) groups excluding carboxylic acids is 3. The van der Waals surface area contributed by atoms with Gasteiger partial charge in [0.15, 0.2) is 12.6 Å². The van der Waals surface area contributed by atoms with Crippen LogP contribution in [0.2, 0.25) is 0 Å². The molecule has 0 saturated carbocycles. The predicted octanol–water partition coefficient (Wildman–Crippen LogP) is 0.177. The highest BCUT2D eigenvalue weighted by atomic mass is 16.5. The molecule has 0 saturated heterocycles. The zero-order valence-corrected chi connectivity index (χ0v) is 19.5. The summed E-state index contributed by atoms with van der Waals surface area (Å²) in [6.07, 6.45) is 0. The van der Waals surface area contributed by atoms with E-state index >= 15 is 0 Å². The Morgan fingerprint density at radius 1 is 1.00 bits per heavy atom.